The van der Waals surface area contributed by atoms with Crippen molar-refractivity contribution < 1.29 is 31.5 Å². The molecule has 0 heterocycles. The number of aliphatic hydroxyl groups is 1. The largest absolute Gasteiger partial charge is 0.426 e. The van der Waals surface area contributed by atoms with Gasteiger partial charge in [0.15, 0.2) is 0 Å². The Morgan fingerprint density at radius 1 is 1.25 bits per heavy atom. The van der Waals surface area contributed by atoms with Crippen LogP contribution in [0.4, 0.5) is 18.9 Å². The zero-order valence-electron chi connectivity index (χ0n) is 15.6. The van der Waals surface area contributed by atoms with Gasteiger partial charge in [-0.2, -0.15) is 13.2 Å². The van der Waals surface area contributed by atoms with Crippen LogP contribution in [-0.2, 0) is 14.8 Å². The van der Waals surface area contributed by atoms with E-state index in [1.807, 2.05) is 24.3 Å². The van der Waals surface area contributed by atoms with Gasteiger partial charge >= 0.3 is 6.18 Å². The van der Waals surface area contributed by atoms with Crippen molar-refractivity contribution in [3.63, 3.8) is 0 Å². The molecule has 0 spiro atoms. The molecule has 7 nitrogen and oxygen atoms in total. The van der Waals surface area contributed by atoms with Gasteiger partial charge in [-0.3, -0.25) is 4.79 Å². The van der Waals surface area contributed by atoms with Crippen molar-refractivity contribution in [1.82, 2.24) is 9.62 Å². The standard InChI is InChI=1S/C16H23ClF3N3O4S/c1-15(25,16(18,19)20)14(24)22-13-7-6-11(10-12(13)17)28(26,27)21-8-4-5-9-23(2)3/h6-7,10,21,25H,4-5,8-9H2,1-3H3,(H,22,24)/t15-/m1/s1. The molecule has 0 fully saturated rings. The van der Waals surface area contributed by atoms with Crippen LogP contribution in [0.15, 0.2) is 23.1 Å². The van der Waals surface area contributed by atoms with E-state index in [1.165, 1.54) is 0 Å². The minimum atomic E-state index is -5.19. The van der Waals surface area contributed by atoms with Gasteiger partial charge in [-0.05, 0) is 58.6 Å². The third kappa shape index (κ3) is 6.59. The van der Waals surface area contributed by atoms with Gasteiger partial charge in [0.05, 0.1) is 15.6 Å². The van der Waals surface area contributed by atoms with Crippen LogP contribution in [-0.4, -0.2) is 63.3 Å². The molecule has 0 unspecified atom stereocenters. The zero-order chi connectivity index (χ0) is 21.8. The molecule has 0 radical (unpaired) electrons. The third-order valence-electron chi connectivity index (χ3n) is 3.82. The van der Waals surface area contributed by atoms with Gasteiger partial charge in [0, 0.05) is 6.54 Å². The smallest absolute Gasteiger partial charge is 0.373 e. The second kappa shape index (κ2) is 9.40. The zero-order valence-corrected chi connectivity index (χ0v) is 17.2. The van der Waals surface area contributed by atoms with Crippen LogP contribution in [0.5, 0.6) is 0 Å². The molecule has 0 aliphatic rings. The van der Waals surface area contributed by atoms with E-state index in [-0.39, 0.29) is 22.2 Å². The molecule has 12 heteroatoms. The van der Waals surface area contributed by atoms with Crippen molar-refractivity contribution in [2.45, 2.75) is 36.4 Å². The molecule has 0 aliphatic carbocycles. The fraction of sp³-hybridized carbons (Fsp3) is 0.562. The van der Waals surface area contributed by atoms with E-state index < -0.39 is 27.7 Å². The van der Waals surface area contributed by atoms with Crippen molar-refractivity contribution in [3.8, 4) is 0 Å². The molecule has 0 aliphatic heterocycles. The number of amides is 1. The number of alkyl halides is 3. The van der Waals surface area contributed by atoms with Gasteiger partial charge in [0.1, 0.15) is 0 Å². The van der Waals surface area contributed by atoms with E-state index in [1.54, 1.807) is 0 Å². The average Bonchev–Trinajstić information content (AvgIpc) is 2.54. The summed E-state index contributed by atoms with van der Waals surface area (Å²) in [5.41, 5.74) is -3.89. The second-order valence-corrected chi connectivity index (χ2v) is 8.75. The summed E-state index contributed by atoms with van der Waals surface area (Å²) < 4.78 is 65.0. The van der Waals surface area contributed by atoms with Gasteiger partial charge in [-0.15, -0.1) is 0 Å². The van der Waals surface area contributed by atoms with Crippen molar-refractivity contribution in [2.75, 3.05) is 32.5 Å². The van der Waals surface area contributed by atoms with Crippen LogP contribution in [0.2, 0.25) is 5.02 Å². The number of rotatable bonds is 9. The molecule has 0 aromatic heterocycles. The summed E-state index contributed by atoms with van der Waals surface area (Å²) >= 11 is 5.89. The van der Waals surface area contributed by atoms with Crippen LogP contribution in [0, 0.1) is 0 Å². The summed E-state index contributed by atoms with van der Waals surface area (Å²) in [4.78, 5) is 13.5. The minimum Gasteiger partial charge on any atom is -0.373 e. The minimum absolute atomic E-state index is 0.203. The van der Waals surface area contributed by atoms with Crippen LogP contribution < -0.4 is 10.0 Å². The van der Waals surface area contributed by atoms with Crippen LogP contribution in [0.1, 0.15) is 19.8 Å². The summed E-state index contributed by atoms with van der Waals surface area (Å²) in [7, 11) is -0.0638. The van der Waals surface area contributed by atoms with E-state index in [9.17, 15) is 31.5 Å². The molecule has 0 saturated carbocycles. The van der Waals surface area contributed by atoms with Crippen molar-refractivity contribution in [3.05, 3.63) is 23.2 Å². The highest BCUT2D eigenvalue weighted by Crippen LogP contribution is 2.32. The maximum atomic E-state index is 12.7. The van der Waals surface area contributed by atoms with Gasteiger partial charge in [0.2, 0.25) is 15.6 Å². The van der Waals surface area contributed by atoms with E-state index in [0.717, 1.165) is 31.2 Å². The van der Waals surface area contributed by atoms with E-state index in [2.05, 4.69) is 4.72 Å². The fourth-order valence-electron chi connectivity index (χ4n) is 1.98. The van der Waals surface area contributed by atoms with Crippen molar-refractivity contribution in [1.29, 1.82) is 0 Å². The first-order valence-corrected chi connectivity index (χ1v) is 10.1. The predicted octanol–water partition coefficient (Wildman–Crippen LogP) is 2.21. The number of nitrogens with one attached hydrogen (secondary N) is 2. The van der Waals surface area contributed by atoms with E-state index >= 15 is 0 Å². The lowest BCUT2D eigenvalue weighted by molar-refractivity contribution is -0.242. The predicted molar refractivity (Wildman–Crippen MR) is 99.7 cm³/mol. The van der Waals surface area contributed by atoms with Crippen molar-refractivity contribution >= 4 is 33.2 Å². The molecule has 0 bridgehead atoms. The Labute approximate surface area is 166 Å². The van der Waals surface area contributed by atoms with Gasteiger partial charge in [-0.25, -0.2) is 13.1 Å². The summed E-state index contributed by atoms with van der Waals surface area (Å²) in [6, 6.07) is 3.14. The Hall–Kier alpha value is -1.40. The Morgan fingerprint density at radius 3 is 2.36 bits per heavy atom. The topological polar surface area (TPSA) is 98.7 Å². The maximum Gasteiger partial charge on any atom is 0.426 e. The monoisotopic (exact) mass is 445 g/mol. The summed E-state index contributed by atoms with van der Waals surface area (Å²) in [6.45, 7) is 1.32. The number of sulfonamides is 1. The van der Waals surface area contributed by atoms with Crippen LogP contribution in [0.25, 0.3) is 0 Å². The maximum absolute atomic E-state index is 12.7. The number of hydrogen-bond acceptors (Lipinski definition) is 5. The van der Waals surface area contributed by atoms with E-state index in [0.29, 0.717) is 13.3 Å². The third-order valence-corrected chi connectivity index (χ3v) is 5.59. The fourth-order valence-corrected chi connectivity index (χ4v) is 3.37. The first kappa shape index (κ1) is 24.6. The van der Waals surface area contributed by atoms with Gasteiger partial charge < -0.3 is 15.3 Å². The van der Waals surface area contributed by atoms with Crippen LogP contribution in [0.3, 0.4) is 0 Å². The number of benzene rings is 1. The lowest BCUT2D eigenvalue weighted by atomic mass is 10.1. The number of anilines is 1. The molecule has 1 atom stereocenters. The first-order chi connectivity index (χ1) is 12.7. The molecule has 28 heavy (non-hydrogen) atoms. The second-order valence-electron chi connectivity index (χ2n) is 6.57. The SMILES string of the molecule is CN(C)CCCCNS(=O)(=O)c1ccc(NC(=O)[C@@](C)(O)C(F)(F)F)c(Cl)c1. The number of hydrogen-bond donors (Lipinski definition) is 3. The van der Waals surface area contributed by atoms with Gasteiger partial charge in [0.25, 0.3) is 5.91 Å². The van der Waals surface area contributed by atoms with E-state index in [4.69, 9.17) is 11.6 Å². The molecule has 1 aromatic carbocycles. The molecule has 1 rings (SSSR count). The molecule has 3 N–H and O–H groups in total. The Balaban J connectivity index is 2.82. The summed E-state index contributed by atoms with van der Waals surface area (Å²) in [5.74, 6) is -1.74. The molecule has 160 valence electrons. The Bertz CT molecular complexity index is 799. The Kier molecular flexibility index (Phi) is 8.27. The summed E-state index contributed by atoms with van der Waals surface area (Å²) in [6.07, 6.45) is -3.78. The number of unbranched alkanes of at least 4 members (excludes halogenated alkanes) is 1. The highest BCUT2D eigenvalue weighted by molar-refractivity contribution is 7.89. The molecule has 0 saturated heterocycles. The molecular weight excluding hydrogens is 423 g/mol. The lowest BCUT2D eigenvalue weighted by Crippen LogP contribution is -2.52. The number of nitrogens with zero attached hydrogens (tertiary/aromatic N) is 1. The highest BCUT2D eigenvalue weighted by Gasteiger charge is 2.55. The normalized spacial score (nSPS) is 14.8. The number of carbonyl (C=O) groups excluding carboxylic acids is 1. The average molecular weight is 446 g/mol. The lowest BCUT2D eigenvalue weighted by Gasteiger charge is -2.25. The number of carbonyl (C=O) groups is 1. The van der Waals surface area contributed by atoms with Crippen molar-refractivity contribution in [2.24, 2.45) is 0 Å². The molecule has 1 amide bonds. The number of halogens is 4. The molecule has 1 aromatic rings. The quantitative estimate of drug-likeness (QED) is 0.506. The van der Waals surface area contributed by atoms with Gasteiger partial charge in [-0.1, -0.05) is 11.6 Å². The highest BCUT2D eigenvalue weighted by atomic mass is 35.5. The molecular formula is C16H23ClF3N3O4S. The summed E-state index contributed by atoms with van der Waals surface area (Å²) in [5, 5.41) is 10.9. The first-order valence-electron chi connectivity index (χ1n) is 8.23. The Morgan fingerprint density at radius 2 is 1.86 bits per heavy atom. The van der Waals surface area contributed by atoms with Crippen LogP contribution >= 0.6 is 11.6 Å².